The lowest BCUT2D eigenvalue weighted by molar-refractivity contribution is -0.148. The molecule has 28 heavy (non-hydrogen) atoms. The second kappa shape index (κ2) is 8.02. The van der Waals surface area contributed by atoms with Crippen molar-refractivity contribution in [1.29, 1.82) is 0 Å². The number of hydrogen-bond acceptors (Lipinski definition) is 4. The van der Waals surface area contributed by atoms with Gasteiger partial charge in [0.15, 0.2) is 12.1 Å². The number of carbonyl (C=O) groups excluding carboxylic acids is 1. The lowest BCUT2D eigenvalue weighted by Crippen LogP contribution is -2.27. The molecule has 2 unspecified atom stereocenters. The van der Waals surface area contributed by atoms with Gasteiger partial charge in [0.05, 0.1) is 10.3 Å². The largest absolute Gasteiger partial charge is 0.465 e. The van der Waals surface area contributed by atoms with Crippen LogP contribution in [-0.2, 0) is 27.9 Å². The summed E-state index contributed by atoms with van der Waals surface area (Å²) < 4.78 is 14.5. The Morgan fingerprint density at radius 2 is 1.75 bits per heavy atom. The van der Waals surface area contributed by atoms with Crippen molar-refractivity contribution in [2.75, 3.05) is 0 Å². The van der Waals surface area contributed by atoms with E-state index < -0.39 is 18.1 Å². The fourth-order valence-electron chi connectivity index (χ4n) is 3.13. The SMILES string of the molecule is Cn1c(Br)ccc1C1OC(c2ccccc2)=NC1C(=O)OCc1ccccc1. The summed E-state index contributed by atoms with van der Waals surface area (Å²) in [6, 6.07) is 22.3. The zero-order valence-corrected chi connectivity index (χ0v) is 16.9. The quantitative estimate of drug-likeness (QED) is 0.554. The van der Waals surface area contributed by atoms with Crippen LogP contribution in [0, 0.1) is 0 Å². The number of carbonyl (C=O) groups is 1. The molecule has 3 aromatic rings. The van der Waals surface area contributed by atoms with Crippen molar-refractivity contribution in [3.8, 4) is 0 Å². The van der Waals surface area contributed by atoms with Crippen LogP contribution in [0.3, 0.4) is 0 Å². The predicted octanol–water partition coefficient (Wildman–Crippen LogP) is 4.42. The molecular weight excluding hydrogens is 420 g/mol. The van der Waals surface area contributed by atoms with Gasteiger partial charge in [0.1, 0.15) is 6.61 Å². The van der Waals surface area contributed by atoms with Crippen LogP contribution in [0.25, 0.3) is 0 Å². The Morgan fingerprint density at radius 3 is 2.39 bits per heavy atom. The first-order valence-electron chi connectivity index (χ1n) is 8.95. The first-order chi connectivity index (χ1) is 13.6. The van der Waals surface area contributed by atoms with E-state index in [-0.39, 0.29) is 6.61 Å². The maximum Gasteiger partial charge on any atom is 0.335 e. The molecule has 0 saturated heterocycles. The minimum absolute atomic E-state index is 0.204. The Kier molecular flexibility index (Phi) is 5.30. The Balaban J connectivity index is 1.60. The lowest BCUT2D eigenvalue weighted by Gasteiger charge is -2.18. The molecule has 0 N–H and O–H groups in total. The molecule has 0 aliphatic carbocycles. The van der Waals surface area contributed by atoms with Crippen LogP contribution in [0.5, 0.6) is 0 Å². The number of ether oxygens (including phenoxy) is 2. The summed E-state index contributed by atoms with van der Waals surface area (Å²) in [7, 11) is 1.91. The highest BCUT2D eigenvalue weighted by Gasteiger charge is 2.40. The molecule has 0 bridgehead atoms. The van der Waals surface area contributed by atoms with Gasteiger partial charge < -0.3 is 14.0 Å². The summed E-state index contributed by atoms with van der Waals surface area (Å²) in [5, 5.41) is 0. The highest BCUT2D eigenvalue weighted by Crippen LogP contribution is 2.33. The van der Waals surface area contributed by atoms with Gasteiger partial charge in [0.25, 0.3) is 0 Å². The van der Waals surface area contributed by atoms with Gasteiger partial charge in [-0.3, -0.25) is 0 Å². The third-order valence-corrected chi connectivity index (χ3v) is 5.45. The molecule has 0 radical (unpaired) electrons. The third-order valence-electron chi connectivity index (χ3n) is 4.66. The number of halogens is 1. The van der Waals surface area contributed by atoms with Crippen LogP contribution in [0.15, 0.2) is 82.4 Å². The van der Waals surface area contributed by atoms with Crippen LogP contribution < -0.4 is 0 Å². The van der Waals surface area contributed by atoms with E-state index in [2.05, 4.69) is 20.9 Å². The fraction of sp³-hybridized carbons (Fsp3) is 0.182. The van der Waals surface area contributed by atoms with Crippen molar-refractivity contribution in [1.82, 2.24) is 4.57 Å². The van der Waals surface area contributed by atoms with E-state index >= 15 is 0 Å². The number of benzene rings is 2. The molecule has 0 saturated carbocycles. The topological polar surface area (TPSA) is 52.8 Å². The minimum Gasteiger partial charge on any atom is -0.465 e. The van der Waals surface area contributed by atoms with Crippen LogP contribution in [0.4, 0.5) is 0 Å². The molecule has 1 aromatic heterocycles. The zero-order chi connectivity index (χ0) is 19.5. The molecule has 0 spiro atoms. The molecule has 2 aromatic carbocycles. The number of aromatic nitrogens is 1. The number of esters is 1. The van der Waals surface area contributed by atoms with Gasteiger partial charge in [-0.15, -0.1) is 0 Å². The Bertz CT molecular complexity index is 999. The molecule has 1 aliphatic rings. The summed E-state index contributed by atoms with van der Waals surface area (Å²) in [4.78, 5) is 17.4. The number of rotatable bonds is 5. The minimum atomic E-state index is -0.764. The molecule has 2 atom stereocenters. The average Bonchev–Trinajstić information content (AvgIpc) is 3.32. The number of nitrogens with zero attached hydrogens (tertiary/aromatic N) is 2. The predicted molar refractivity (Wildman–Crippen MR) is 110 cm³/mol. The van der Waals surface area contributed by atoms with Crippen molar-refractivity contribution in [2.24, 2.45) is 12.0 Å². The smallest absolute Gasteiger partial charge is 0.335 e. The molecule has 0 fully saturated rings. The molecular formula is C22H19BrN2O3. The van der Waals surface area contributed by atoms with Crippen LogP contribution >= 0.6 is 15.9 Å². The zero-order valence-electron chi connectivity index (χ0n) is 15.3. The van der Waals surface area contributed by atoms with Gasteiger partial charge in [0.2, 0.25) is 5.90 Å². The average molecular weight is 439 g/mol. The van der Waals surface area contributed by atoms with Gasteiger partial charge in [-0.1, -0.05) is 48.5 Å². The van der Waals surface area contributed by atoms with Crippen molar-refractivity contribution in [3.05, 3.63) is 94.2 Å². The maximum atomic E-state index is 12.9. The van der Waals surface area contributed by atoms with E-state index in [0.29, 0.717) is 5.90 Å². The van der Waals surface area contributed by atoms with E-state index in [1.165, 1.54) is 0 Å². The summed E-state index contributed by atoms with van der Waals surface area (Å²) in [6.07, 6.45) is -0.547. The molecule has 142 valence electrons. The normalized spacial score (nSPS) is 18.4. The van der Waals surface area contributed by atoms with Gasteiger partial charge in [-0.05, 0) is 45.8 Å². The van der Waals surface area contributed by atoms with Gasteiger partial charge >= 0.3 is 5.97 Å². The number of hydrogen-bond donors (Lipinski definition) is 0. The van der Waals surface area contributed by atoms with E-state index in [1.54, 1.807) is 0 Å². The van der Waals surface area contributed by atoms with Crippen molar-refractivity contribution in [3.63, 3.8) is 0 Å². The summed E-state index contributed by atoms with van der Waals surface area (Å²) in [5.41, 5.74) is 2.61. The second-order valence-corrected chi connectivity index (χ2v) is 7.33. The molecule has 5 nitrogen and oxygen atoms in total. The monoisotopic (exact) mass is 438 g/mol. The molecule has 1 aliphatic heterocycles. The highest BCUT2D eigenvalue weighted by atomic mass is 79.9. The number of aliphatic imine (C=N–C) groups is 1. The standard InChI is InChI=1S/C22H19BrN2O3/c1-25-17(12-13-18(25)23)20-19(22(26)27-14-15-8-4-2-5-9-15)24-21(28-20)16-10-6-3-7-11-16/h2-13,19-20H,14H2,1H3. The van der Waals surface area contributed by atoms with E-state index in [9.17, 15) is 4.79 Å². The van der Waals surface area contributed by atoms with Crippen LogP contribution in [-0.4, -0.2) is 22.5 Å². The fourth-order valence-corrected chi connectivity index (χ4v) is 3.47. The van der Waals surface area contributed by atoms with Gasteiger partial charge in [-0.25, -0.2) is 9.79 Å². The maximum absolute atomic E-state index is 12.9. The third kappa shape index (κ3) is 3.73. The Labute approximate surface area is 171 Å². The molecule has 2 heterocycles. The van der Waals surface area contributed by atoms with Gasteiger partial charge in [-0.2, -0.15) is 0 Å². The van der Waals surface area contributed by atoms with Crippen LogP contribution in [0.2, 0.25) is 0 Å². The Morgan fingerprint density at radius 1 is 1.07 bits per heavy atom. The molecule has 6 heteroatoms. The Hall–Kier alpha value is -2.86. The van der Waals surface area contributed by atoms with Crippen molar-refractivity contribution in [2.45, 2.75) is 18.8 Å². The highest BCUT2D eigenvalue weighted by molar-refractivity contribution is 9.10. The molecule has 4 rings (SSSR count). The van der Waals surface area contributed by atoms with Gasteiger partial charge in [0, 0.05) is 12.6 Å². The first kappa shape index (κ1) is 18.5. The summed E-state index contributed by atoms with van der Waals surface area (Å²) in [5.74, 6) is 0.0432. The molecule has 0 amide bonds. The van der Waals surface area contributed by atoms with E-state index in [0.717, 1.165) is 21.4 Å². The summed E-state index contributed by atoms with van der Waals surface area (Å²) >= 11 is 3.50. The van der Waals surface area contributed by atoms with E-state index in [4.69, 9.17) is 9.47 Å². The first-order valence-corrected chi connectivity index (χ1v) is 9.74. The summed E-state index contributed by atoms with van der Waals surface area (Å²) in [6.45, 7) is 0.204. The lowest BCUT2D eigenvalue weighted by atomic mass is 10.1. The van der Waals surface area contributed by atoms with Crippen LogP contribution in [0.1, 0.15) is 22.9 Å². The second-order valence-electron chi connectivity index (χ2n) is 6.52. The van der Waals surface area contributed by atoms with Crippen molar-refractivity contribution >= 4 is 27.8 Å². The van der Waals surface area contributed by atoms with Crippen molar-refractivity contribution < 1.29 is 14.3 Å². The van der Waals surface area contributed by atoms with E-state index in [1.807, 2.05) is 84.4 Å².